The van der Waals surface area contributed by atoms with Crippen molar-refractivity contribution in [2.75, 3.05) is 0 Å². The van der Waals surface area contributed by atoms with Gasteiger partial charge in [-0.25, -0.2) is 9.97 Å². The van der Waals surface area contributed by atoms with E-state index in [0.29, 0.717) is 22.5 Å². The second kappa shape index (κ2) is 4.90. The Morgan fingerprint density at radius 2 is 2.05 bits per heavy atom. The first-order chi connectivity index (χ1) is 9.28. The molecule has 0 saturated carbocycles. The summed E-state index contributed by atoms with van der Waals surface area (Å²) >= 11 is 6.10. The molecule has 0 spiro atoms. The molecule has 3 aromatic rings. The molecule has 19 heavy (non-hydrogen) atoms. The Morgan fingerprint density at radius 1 is 1.26 bits per heavy atom. The molecule has 0 amide bonds. The number of aryl methyl sites for hydroxylation is 1. The van der Waals surface area contributed by atoms with Gasteiger partial charge in [-0.2, -0.15) is 0 Å². The first kappa shape index (κ1) is 12.0. The van der Waals surface area contributed by atoms with E-state index in [-0.39, 0.29) is 0 Å². The SMILES string of the molecule is CCc1nc(-c2ncc(-c3ccccc3)o2)c(Cl)[nH]1. The van der Waals surface area contributed by atoms with Gasteiger partial charge in [-0.1, -0.05) is 48.9 Å². The molecule has 0 aliphatic carbocycles. The number of nitrogens with zero attached hydrogens (tertiary/aromatic N) is 2. The summed E-state index contributed by atoms with van der Waals surface area (Å²) in [7, 11) is 0. The molecule has 0 aliphatic heterocycles. The molecule has 1 N–H and O–H groups in total. The van der Waals surface area contributed by atoms with Crippen LogP contribution < -0.4 is 0 Å². The van der Waals surface area contributed by atoms with Crippen molar-refractivity contribution in [1.29, 1.82) is 0 Å². The van der Waals surface area contributed by atoms with Crippen molar-refractivity contribution in [3.8, 4) is 22.9 Å². The Morgan fingerprint density at radius 3 is 2.74 bits per heavy atom. The lowest BCUT2D eigenvalue weighted by Crippen LogP contribution is -1.81. The minimum atomic E-state index is 0.430. The van der Waals surface area contributed by atoms with Crippen LogP contribution in [-0.2, 0) is 6.42 Å². The smallest absolute Gasteiger partial charge is 0.248 e. The molecule has 5 heteroatoms. The first-order valence-corrected chi connectivity index (χ1v) is 6.41. The quantitative estimate of drug-likeness (QED) is 0.786. The predicted molar refractivity (Wildman–Crippen MR) is 73.9 cm³/mol. The third-order valence-corrected chi connectivity index (χ3v) is 3.08. The number of aromatic amines is 1. The molecule has 2 aromatic heterocycles. The van der Waals surface area contributed by atoms with E-state index < -0.39 is 0 Å². The normalized spacial score (nSPS) is 10.8. The number of benzene rings is 1. The van der Waals surface area contributed by atoms with Crippen LogP contribution in [0.15, 0.2) is 40.9 Å². The molecule has 0 unspecified atom stereocenters. The number of halogens is 1. The molecule has 4 nitrogen and oxygen atoms in total. The highest BCUT2D eigenvalue weighted by molar-refractivity contribution is 6.31. The van der Waals surface area contributed by atoms with E-state index in [2.05, 4.69) is 15.0 Å². The zero-order valence-corrected chi connectivity index (χ0v) is 11.1. The van der Waals surface area contributed by atoms with Gasteiger partial charge in [0.15, 0.2) is 11.5 Å². The lowest BCUT2D eigenvalue weighted by atomic mass is 10.2. The predicted octanol–water partition coefficient (Wildman–Crippen LogP) is 3.95. The van der Waals surface area contributed by atoms with Crippen molar-refractivity contribution in [1.82, 2.24) is 15.0 Å². The van der Waals surface area contributed by atoms with E-state index in [0.717, 1.165) is 17.8 Å². The molecule has 1 aromatic carbocycles. The van der Waals surface area contributed by atoms with Crippen LogP contribution in [0.5, 0.6) is 0 Å². The fourth-order valence-corrected chi connectivity index (χ4v) is 2.06. The summed E-state index contributed by atoms with van der Waals surface area (Å²) in [6, 6.07) is 9.79. The topological polar surface area (TPSA) is 54.7 Å². The van der Waals surface area contributed by atoms with Crippen LogP contribution in [0.25, 0.3) is 22.9 Å². The van der Waals surface area contributed by atoms with E-state index in [9.17, 15) is 0 Å². The van der Waals surface area contributed by atoms with Crippen molar-refractivity contribution in [3.63, 3.8) is 0 Å². The molecule has 96 valence electrons. The minimum Gasteiger partial charge on any atom is -0.435 e. The summed E-state index contributed by atoms with van der Waals surface area (Å²) in [5, 5.41) is 0.457. The maximum absolute atomic E-state index is 6.10. The summed E-state index contributed by atoms with van der Waals surface area (Å²) < 4.78 is 5.72. The van der Waals surface area contributed by atoms with Gasteiger partial charge in [0.05, 0.1) is 6.20 Å². The molecule has 0 saturated heterocycles. The molecule has 0 atom stereocenters. The first-order valence-electron chi connectivity index (χ1n) is 6.04. The number of rotatable bonds is 3. The Bertz CT molecular complexity index is 688. The van der Waals surface area contributed by atoms with E-state index in [4.69, 9.17) is 16.0 Å². The number of imidazole rings is 1. The van der Waals surface area contributed by atoms with Crippen LogP contribution in [0.1, 0.15) is 12.7 Å². The van der Waals surface area contributed by atoms with Crippen LogP contribution in [0.2, 0.25) is 5.15 Å². The Kier molecular flexibility index (Phi) is 3.09. The van der Waals surface area contributed by atoms with Crippen LogP contribution in [-0.4, -0.2) is 15.0 Å². The number of hydrogen-bond donors (Lipinski definition) is 1. The van der Waals surface area contributed by atoms with Gasteiger partial charge in [-0.05, 0) is 0 Å². The van der Waals surface area contributed by atoms with E-state index >= 15 is 0 Å². The number of hydrogen-bond acceptors (Lipinski definition) is 3. The average molecular weight is 274 g/mol. The molecule has 0 aliphatic rings. The highest BCUT2D eigenvalue weighted by Gasteiger charge is 2.15. The fourth-order valence-electron chi connectivity index (χ4n) is 1.83. The number of aromatic nitrogens is 3. The maximum atomic E-state index is 6.10. The standard InChI is InChI=1S/C14H12ClN3O/c1-2-11-17-12(13(15)18-11)14-16-8-10(19-14)9-6-4-3-5-7-9/h3-8H,2H2,1H3,(H,17,18). The largest absolute Gasteiger partial charge is 0.435 e. The van der Waals surface area contributed by atoms with Crippen LogP contribution in [0.4, 0.5) is 0 Å². The van der Waals surface area contributed by atoms with E-state index in [1.54, 1.807) is 6.20 Å². The molecule has 2 heterocycles. The maximum Gasteiger partial charge on any atom is 0.248 e. The summed E-state index contributed by atoms with van der Waals surface area (Å²) in [6.07, 6.45) is 2.47. The summed E-state index contributed by atoms with van der Waals surface area (Å²) in [5.41, 5.74) is 1.53. The average Bonchev–Trinajstić information content (AvgIpc) is 3.06. The van der Waals surface area contributed by atoms with Gasteiger partial charge in [0.25, 0.3) is 0 Å². The zero-order valence-electron chi connectivity index (χ0n) is 10.4. The van der Waals surface area contributed by atoms with E-state index in [1.807, 2.05) is 37.3 Å². The van der Waals surface area contributed by atoms with E-state index in [1.165, 1.54) is 0 Å². The molecular weight excluding hydrogens is 262 g/mol. The summed E-state index contributed by atoms with van der Waals surface area (Å²) in [5.74, 6) is 1.95. The summed E-state index contributed by atoms with van der Waals surface area (Å²) in [6.45, 7) is 2.00. The van der Waals surface area contributed by atoms with Crippen molar-refractivity contribution in [2.24, 2.45) is 0 Å². The van der Waals surface area contributed by atoms with Crippen molar-refractivity contribution in [3.05, 3.63) is 47.5 Å². The second-order valence-electron chi connectivity index (χ2n) is 4.10. The third-order valence-electron chi connectivity index (χ3n) is 2.81. The minimum absolute atomic E-state index is 0.430. The number of nitrogens with one attached hydrogen (secondary N) is 1. The van der Waals surface area contributed by atoms with Gasteiger partial charge < -0.3 is 9.40 Å². The highest BCUT2D eigenvalue weighted by Crippen LogP contribution is 2.28. The molecular formula is C14H12ClN3O. The van der Waals surface area contributed by atoms with Gasteiger partial charge >= 0.3 is 0 Å². The molecule has 3 rings (SSSR count). The molecule has 0 fully saturated rings. The zero-order chi connectivity index (χ0) is 13.2. The van der Waals surface area contributed by atoms with Crippen molar-refractivity contribution < 1.29 is 4.42 Å². The lowest BCUT2D eigenvalue weighted by Gasteiger charge is -1.94. The van der Waals surface area contributed by atoms with Crippen molar-refractivity contribution >= 4 is 11.6 Å². The van der Waals surface area contributed by atoms with Gasteiger partial charge in [-0.3, -0.25) is 0 Å². The molecule has 0 bridgehead atoms. The van der Waals surface area contributed by atoms with Gasteiger partial charge in [0, 0.05) is 12.0 Å². The monoisotopic (exact) mass is 273 g/mol. The summed E-state index contributed by atoms with van der Waals surface area (Å²) in [4.78, 5) is 11.6. The highest BCUT2D eigenvalue weighted by atomic mass is 35.5. The Hall–Kier alpha value is -2.07. The number of oxazole rings is 1. The van der Waals surface area contributed by atoms with Gasteiger partial charge in [-0.15, -0.1) is 0 Å². The Balaban J connectivity index is 1.99. The van der Waals surface area contributed by atoms with Crippen LogP contribution >= 0.6 is 11.6 Å². The third kappa shape index (κ3) is 2.27. The van der Waals surface area contributed by atoms with Gasteiger partial charge in [0.2, 0.25) is 5.89 Å². The number of H-pyrrole nitrogens is 1. The lowest BCUT2D eigenvalue weighted by molar-refractivity contribution is 0.586. The molecule has 0 radical (unpaired) electrons. The fraction of sp³-hybridized carbons (Fsp3) is 0.143. The van der Waals surface area contributed by atoms with Gasteiger partial charge in [0.1, 0.15) is 11.0 Å². The second-order valence-corrected chi connectivity index (χ2v) is 4.47. The van der Waals surface area contributed by atoms with Crippen LogP contribution in [0.3, 0.4) is 0 Å². The Labute approximate surface area is 115 Å². The van der Waals surface area contributed by atoms with Crippen molar-refractivity contribution in [2.45, 2.75) is 13.3 Å². The van der Waals surface area contributed by atoms with Crippen LogP contribution in [0, 0.1) is 0 Å².